The van der Waals surface area contributed by atoms with E-state index in [0.717, 1.165) is 52.2 Å². The highest BCUT2D eigenvalue weighted by atomic mass is 16.5. The van der Waals surface area contributed by atoms with Crippen LogP contribution in [-0.4, -0.2) is 57.3 Å². The monoisotopic (exact) mass is 320 g/mol. The fourth-order valence-electron chi connectivity index (χ4n) is 2.15. The first-order valence-electron chi connectivity index (χ1n) is 8.38. The zero-order chi connectivity index (χ0) is 15.9. The van der Waals surface area contributed by atoms with Crippen LogP contribution in [0, 0.1) is 11.8 Å². The molecule has 0 aromatic carbocycles. The second-order valence-corrected chi connectivity index (χ2v) is 5.72. The second kappa shape index (κ2) is 17.2. The number of hydrogen-bond acceptors (Lipinski definition) is 5. The Balaban J connectivity index is 0. The summed E-state index contributed by atoms with van der Waals surface area (Å²) in [6, 6.07) is 0. The Labute approximate surface area is 137 Å². The highest BCUT2D eigenvalue weighted by molar-refractivity contribution is 4.65. The van der Waals surface area contributed by atoms with E-state index in [1.54, 1.807) is 0 Å². The van der Waals surface area contributed by atoms with E-state index in [9.17, 15) is 0 Å². The number of aliphatic hydroxyl groups is 1. The summed E-state index contributed by atoms with van der Waals surface area (Å²) in [5.41, 5.74) is 5.41. The van der Waals surface area contributed by atoms with E-state index < -0.39 is 0 Å². The van der Waals surface area contributed by atoms with Gasteiger partial charge in [-0.05, 0) is 25.2 Å². The Bertz CT molecular complexity index is 218. The molecular weight excluding hydrogens is 280 g/mol. The summed E-state index contributed by atoms with van der Waals surface area (Å²) in [5, 5.41) is 12.2. The minimum atomic E-state index is -0.0657. The number of nitrogens with one attached hydrogen (secondary N) is 1. The van der Waals surface area contributed by atoms with Gasteiger partial charge in [-0.15, -0.1) is 0 Å². The minimum absolute atomic E-state index is 0. The summed E-state index contributed by atoms with van der Waals surface area (Å²) in [4.78, 5) is 0. The first-order chi connectivity index (χ1) is 10.2. The van der Waals surface area contributed by atoms with Crippen LogP contribution in [0.2, 0.25) is 0 Å². The van der Waals surface area contributed by atoms with Crippen LogP contribution in [0.1, 0.15) is 47.5 Å². The van der Waals surface area contributed by atoms with Gasteiger partial charge in [-0.25, -0.2) is 0 Å². The van der Waals surface area contributed by atoms with E-state index in [1.807, 2.05) is 6.92 Å². The molecule has 0 spiro atoms. The molecule has 0 heterocycles. The summed E-state index contributed by atoms with van der Waals surface area (Å²) < 4.78 is 11.4. The van der Waals surface area contributed by atoms with Crippen LogP contribution in [-0.2, 0) is 9.47 Å². The van der Waals surface area contributed by atoms with Crippen molar-refractivity contribution in [3.63, 3.8) is 0 Å². The summed E-state index contributed by atoms with van der Waals surface area (Å²) in [7, 11) is 0. The molecule has 0 saturated carbocycles. The zero-order valence-corrected chi connectivity index (χ0v) is 14.1. The molecule has 0 bridgehead atoms. The van der Waals surface area contributed by atoms with Crippen LogP contribution < -0.4 is 11.1 Å². The van der Waals surface area contributed by atoms with Gasteiger partial charge in [0, 0.05) is 32.8 Å². The zero-order valence-electron chi connectivity index (χ0n) is 14.1. The molecule has 4 N–H and O–H groups in total. The molecular formula is C17H40N2O3. The summed E-state index contributed by atoms with van der Waals surface area (Å²) in [5.74, 6) is 1.13. The predicted octanol–water partition coefficient (Wildman–Crippen LogP) is 2.03. The third-order valence-electron chi connectivity index (χ3n) is 3.79. The molecule has 22 heavy (non-hydrogen) atoms. The van der Waals surface area contributed by atoms with Crippen LogP contribution in [0.3, 0.4) is 0 Å². The largest absolute Gasteiger partial charge is 0.394 e. The standard InChI is InChI=1S/C16H36N2O3.CH4/c1-4-15(12-20-9-8-18-7-6-17)10-16(5-2)13-21-14(3)11-19;/h14-16,18-19H,4-13,17H2,1-3H3;1H4. The van der Waals surface area contributed by atoms with Gasteiger partial charge < -0.3 is 25.6 Å². The van der Waals surface area contributed by atoms with Crippen molar-refractivity contribution in [2.75, 3.05) is 46.1 Å². The number of ether oxygens (including phenoxy) is 2. The van der Waals surface area contributed by atoms with Crippen molar-refractivity contribution in [2.24, 2.45) is 17.6 Å². The van der Waals surface area contributed by atoms with Crippen molar-refractivity contribution in [1.29, 1.82) is 0 Å². The number of nitrogens with two attached hydrogens (primary N) is 1. The molecule has 0 aliphatic carbocycles. The number of aliphatic hydroxyl groups excluding tert-OH is 1. The third-order valence-corrected chi connectivity index (χ3v) is 3.79. The smallest absolute Gasteiger partial charge is 0.0777 e. The van der Waals surface area contributed by atoms with Crippen molar-refractivity contribution in [1.82, 2.24) is 5.32 Å². The Morgan fingerprint density at radius 1 is 1.09 bits per heavy atom. The van der Waals surface area contributed by atoms with Gasteiger partial charge in [-0.3, -0.25) is 0 Å². The maximum atomic E-state index is 8.99. The second-order valence-electron chi connectivity index (χ2n) is 5.72. The van der Waals surface area contributed by atoms with Crippen LogP contribution >= 0.6 is 0 Å². The van der Waals surface area contributed by atoms with Gasteiger partial charge in [0.05, 0.1) is 19.3 Å². The van der Waals surface area contributed by atoms with Gasteiger partial charge in [0.2, 0.25) is 0 Å². The van der Waals surface area contributed by atoms with Crippen molar-refractivity contribution in [2.45, 2.75) is 53.6 Å². The molecule has 3 atom stereocenters. The lowest BCUT2D eigenvalue weighted by Gasteiger charge is -2.23. The minimum Gasteiger partial charge on any atom is -0.394 e. The number of hydrogen-bond donors (Lipinski definition) is 3. The van der Waals surface area contributed by atoms with Gasteiger partial charge in [0.1, 0.15) is 0 Å². The molecule has 3 unspecified atom stereocenters. The molecule has 0 aliphatic heterocycles. The van der Waals surface area contributed by atoms with Gasteiger partial charge in [-0.2, -0.15) is 0 Å². The van der Waals surface area contributed by atoms with E-state index in [4.69, 9.17) is 20.3 Å². The topological polar surface area (TPSA) is 76.7 Å². The fourth-order valence-corrected chi connectivity index (χ4v) is 2.15. The van der Waals surface area contributed by atoms with Gasteiger partial charge in [-0.1, -0.05) is 34.1 Å². The molecule has 0 aromatic heterocycles. The van der Waals surface area contributed by atoms with Crippen LogP contribution in [0.25, 0.3) is 0 Å². The Morgan fingerprint density at radius 2 is 1.73 bits per heavy atom. The van der Waals surface area contributed by atoms with Crippen molar-refractivity contribution in [3.8, 4) is 0 Å². The lowest BCUT2D eigenvalue weighted by atomic mass is 9.92. The maximum absolute atomic E-state index is 8.99. The maximum Gasteiger partial charge on any atom is 0.0777 e. The molecule has 0 aromatic rings. The molecule has 0 saturated heterocycles. The van der Waals surface area contributed by atoms with E-state index in [-0.39, 0.29) is 20.1 Å². The van der Waals surface area contributed by atoms with E-state index in [1.165, 1.54) is 0 Å². The predicted molar refractivity (Wildman–Crippen MR) is 94.2 cm³/mol. The van der Waals surface area contributed by atoms with Crippen molar-refractivity contribution in [3.05, 3.63) is 0 Å². The first-order valence-corrected chi connectivity index (χ1v) is 8.38. The van der Waals surface area contributed by atoms with Crippen molar-refractivity contribution < 1.29 is 14.6 Å². The lowest BCUT2D eigenvalue weighted by molar-refractivity contribution is -0.00246. The molecule has 5 nitrogen and oxygen atoms in total. The average Bonchev–Trinajstić information content (AvgIpc) is 2.52. The third kappa shape index (κ3) is 13.5. The average molecular weight is 321 g/mol. The lowest BCUT2D eigenvalue weighted by Crippen LogP contribution is -2.27. The van der Waals surface area contributed by atoms with Gasteiger partial charge in [0.25, 0.3) is 0 Å². The Kier molecular flexibility index (Phi) is 18.8. The SMILES string of the molecule is C.CCC(COCCNCCN)CC(CC)COC(C)CO. The summed E-state index contributed by atoms with van der Waals surface area (Å²) in [6.45, 7) is 11.1. The van der Waals surface area contributed by atoms with Crippen molar-refractivity contribution >= 4 is 0 Å². The molecule has 0 aliphatic rings. The Morgan fingerprint density at radius 3 is 2.27 bits per heavy atom. The molecule has 5 heteroatoms. The van der Waals surface area contributed by atoms with E-state index in [2.05, 4.69) is 19.2 Å². The fraction of sp³-hybridized carbons (Fsp3) is 1.00. The summed E-state index contributed by atoms with van der Waals surface area (Å²) in [6.07, 6.45) is 3.29. The Hall–Kier alpha value is -0.200. The number of rotatable bonds is 15. The highest BCUT2D eigenvalue weighted by Gasteiger charge is 2.15. The van der Waals surface area contributed by atoms with Gasteiger partial charge in [0.15, 0.2) is 0 Å². The normalized spacial score (nSPS) is 15.1. The quantitative estimate of drug-likeness (QED) is 0.403. The van der Waals surface area contributed by atoms with Gasteiger partial charge >= 0.3 is 0 Å². The molecule has 0 radical (unpaired) electrons. The van der Waals surface area contributed by atoms with Crippen LogP contribution in [0.15, 0.2) is 0 Å². The van der Waals surface area contributed by atoms with Crippen LogP contribution in [0.4, 0.5) is 0 Å². The molecule has 0 amide bonds. The molecule has 0 fully saturated rings. The first kappa shape index (κ1) is 24.1. The van der Waals surface area contributed by atoms with Crippen LogP contribution in [0.5, 0.6) is 0 Å². The van der Waals surface area contributed by atoms with E-state index in [0.29, 0.717) is 18.4 Å². The molecule has 0 rings (SSSR count). The van der Waals surface area contributed by atoms with E-state index >= 15 is 0 Å². The molecule has 136 valence electrons. The highest BCUT2D eigenvalue weighted by Crippen LogP contribution is 2.20. The summed E-state index contributed by atoms with van der Waals surface area (Å²) >= 11 is 0.